The number of carboxylic acids is 1. The summed E-state index contributed by atoms with van der Waals surface area (Å²) in [7, 11) is 2.13. The predicted molar refractivity (Wildman–Crippen MR) is 102 cm³/mol. The van der Waals surface area contributed by atoms with Gasteiger partial charge in [0.05, 0.1) is 0 Å². The molecule has 132 valence electrons. The Morgan fingerprint density at radius 2 is 1.77 bits per heavy atom. The molecule has 1 aliphatic heterocycles. The van der Waals surface area contributed by atoms with Crippen LogP contribution in [-0.2, 0) is 9.59 Å². The van der Waals surface area contributed by atoms with E-state index < -0.39 is 12.0 Å². The highest BCUT2D eigenvalue weighted by atomic mass is 79.9. The molecule has 0 saturated carbocycles. The lowest BCUT2D eigenvalue weighted by Crippen LogP contribution is -2.44. The van der Waals surface area contributed by atoms with Crippen molar-refractivity contribution in [2.75, 3.05) is 45.5 Å². The largest absolute Gasteiger partial charge is 0.480 e. The first-order valence-corrected chi connectivity index (χ1v) is 7.70. The van der Waals surface area contributed by atoms with Crippen LogP contribution in [0.2, 0.25) is 0 Å². The molecule has 1 amide bonds. The highest BCUT2D eigenvalue weighted by Gasteiger charge is 2.18. The molecule has 1 saturated heterocycles. The van der Waals surface area contributed by atoms with Crippen LogP contribution in [0, 0.1) is 0 Å². The average Bonchev–Trinajstić information content (AvgIpc) is 2.42. The zero-order chi connectivity index (χ0) is 15.0. The first-order chi connectivity index (χ1) is 9.52. The van der Waals surface area contributed by atoms with Crippen molar-refractivity contribution in [3.05, 3.63) is 0 Å². The summed E-state index contributed by atoms with van der Waals surface area (Å²) >= 11 is 3.91. The van der Waals surface area contributed by atoms with Gasteiger partial charge in [-0.1, -0.05) is 0 Å². The lowest BCUT2D eigenvalue weighted by Gasteiger charge is -2.32. The van der Waals surface area contributed by atoms with Crippen molar-refractivity contribution in [2.24, 2.45) is 0 Å². The molecule has 1 atom stereocenters. The van der Waals surface area contributed by atoms with Gasteiger partial charge in [-0.3, -0.25) is 4.79 Å². The van der Waals surface area contributed by atoms with Gasteiger partial charge < -0.3 is 20.2 Å². The maximum Gasteiger partial charge on any atom is 0.327 e. The zero-order valence-electron chi connectivity index (χ0n) is 12.9. The fraction of sp³-hybridized carbons (Fsp3) is 0.846. The van der Waals surface area contributed by atoms with E-state index in [9.17, 15) is 9.59 Å². The molecule has 6 nitrogen and oxygen atoms in total. The molecule has 2 N–H and O–H groups in total. The Kier molecular flexibility index (Phi) is 15.1. The fourth-order valence-corrected chi connectivity index (χ4v) is 2.39. The van der Waals surface area contributed by atoms with E-state index in [4.69, 9.17) is 5.11 Å². The lowest BCUT2D eigenvalue weighted by molar-refractivity contribution is -0.141. The number of thiol groups is 1. The second-order valence-electron chi connectivity index (χ2n) is 5.24. The molecule has 1 aliphatic rings. The third kappa shape index (κ3) is 10.0. The van der Waals surface area contributed by atoms with Crippen LogP contribution in [0.5, 0.6) is 0 Å². The van der Waals surface area contributed by atoms with Gasteiger partial charge in [0.15, 0.2) is 0 Å². The summed E-state index contributed by atoms with van der Waals surface area (Å²) < 4.78 is 0. The molecule has 22 heavy (non-hydrogen) atoms. The SMILES string of the molecule is Br.Br.CN1CCN(CCCCC(=O)N[C@@H](CS)C(=O)O)CC1. The maximum absolute atomic E-state index is 11.6. The van der Waals surface area contributed by atoms with Crippen molar-refractivity contribution in [3.8, 4) is 0 Å². The average molecular weight is 465 g/mol. The Morgan fingerprint density at radius 3 is 2.27 bits per heavy atom. The number of halogens is 2. The van der Waals surface area contributed by atoms with Crippen LogP contribution in [0.1, 0.15) is 19.3 Å². The molecule has 0 spiro atoms. The van der Waals surface area contributed by atoms with Gasteiger partial charge >= 0.3 is 5.97 Å². The van der Waals surface area contributed by atoms with Crippen LogP contribution >= 0.6 is 46.6 Å². The van der Waals surface area contributed by atoms with E-state index in [1.54, 1.807) is 0 Å². The number of hydrogen-bond donors (Lipinski definition) is 3. The number of hydrogen-bond acceptors (Lipinski definition) is 5. The Labute approximate surface area is 158 Å². The second kappa shape index (κ2) is 13.6. The fourth-order valence-electron chi connectivity index (χ4n) is 2.14. The van der Waals surface area contributed by atoms with Crippen LogP contribution in [0.25, 0.3) is 0 Å². The molecule has 0 aromatic carbocycles. The third-order valence-electron chi connectivity index (χ3n) is 3.54. The van der Waals surface area contributed by atoms with Crippen LogP contribution in [0.15, 0.2) is 0 Å². The minimum Gasteiger partial charge on any atom is -0.480 e. The van der Waals surface area contributed by atoms with Crippen molar-refractivity contribution in [2.45, 2.75) is 25.3 Å². The number of unbranched alkanes of at least 4 members (excludes halogenated alkanes) is 1. The molecule has 1 rings (SSSR count). The van der Waals surface area contributed by atoms with Crippen molar-refractivity contribution in [3.63, 3.8) is 0 Å². The minimum atomic E-state index is -1.04. The van der Waals surface area contributed by atoms with E-state index in [0.29, 0.717) is 6.42 Å². The van der Waals surface area contributed by atoms with E-state index >= 15 is 0 Å². The number of aliphatic carboxylic acids is 1. The molecular formula is C13H27Br2N3O3S. The van der Waals surface area contributed by atoms with Crippen LogP contribution < -0.4 is 5.32 Å². The number of nitrogens with one attached hydrogen (secondary N) is 1. The van der Waals surface area contributed by atoms with Crippen molar-refractivity contribution in [1.29, 1.82) is 0 Å². The van der Waals surface area contributed by atoms with Gasteiger partial charge in [0.2, 0.25) is 5.91 Å². The summed E-state index contributed by atoms with van der Waals surface area (Å²) in [6.07, 6.45) is 2.14. The summed E-state index contributed by atoms with van der Waals surface area (Å²) in [4.78, 5) is 27.1. The number of nitrogens with zero attached hydrogens (tertiary/aromatic N) is 2. The molecule has 0 aromatic heterocycles. The number of amides is 1. The summed E-state index contributed by atoms with van der Waals surface area (Å²) in [5.41, 5.74) is 0. The van der Waals surface area contributed by atoms with Crippen molar-refractivity contribution >= 4 is 58.5 Å². The normalized spacial score (nSPS) is 17.0. The van der Waals surface area contributed by atoms with Crippen LogP contribution in [0.3, 0.4) is 0 Å². The molecule has 0 aliphatic carbocycles. The number of carbonyl (C=O) groups is 2. The molecule has 1 fully saturated rings. The van der Waals surface area contributed by atoms with E-state index in [-0.39, 0.29) is 45.6 Å². The monoisotopic (exact) mass is 463 g/mol. The van der Waals surface area contributed by atoms with Gasteiger partial charge in [0.1, 0.15) is 6.04 Å². The Morgan fingerprint density at radius 1 is 1.18 bits per heavy atom. The van der Waals surface area contributed by atoms with E-state index in [0.717, 1.165) is 45.6 Å². The summed E-state index contributed by atoms with van der Waals surface area (Å²) in [5, 5.41) is 11.3. The molecule has 0 unspecified atom stereocenters. The quantitative estimate of drug-likeness (QED) is 0.370. The number of rotatable bonds is 8. The van der Waals surface area contributed by atoms with Gasteiger partial charge in [-0.05, 0) is 26.4 Å². The molecular weight excluding hydrogens is 438 g/mol. The van der Waals surface area contributed by atoms with Gasteiger partial charge in [0, 0.05) is 38.4 Å². The van der Waals surface area contributed by atoms with Gasteiger partial charge in [-0.2, -0.15) is 12.6 Å². The Bertz CT molecular complexity index is 330. The number of carboxylic acid groups (broad SMARTS) is 1. The standard InChI is InChI=1S/C13H25N3O3S.2BrH/c1-15-6-8-16(9-7-15)5-3-2-4-12(17)14-11(10-20)13(18)19;;/h11,20H,2-10H2,1H3,(H,14,17)(H,18,19);2*1H/t11-;;/m0../s1. The topological polar surface area (TPSA) is 72.9 Å². The molecule has 0 radical (unpaired) electrons. The van der Waals surface area contributed by atoms with Gasteiger partial charge in [0.25, 0.3) is 0 Å². The van der Waals surface area contributed by atoms with E-state index in [2.05, 4.69) is 34.8 Å². The van der Waals surface area contributed by atoms with E-state index in [1.807, 2.05) is 0 Å². The molecule has 0 bridgehead atoms. The van der Waals surface area contributed by atoms with Crippen LogP contribution in [-0.4, -0.2) is 78.3 Å². The third-order valence-corrected chi connectivity index (χ3v) is 3.91. The van der Waals surface area contributed by atoms with Crippen LogP contribution in [0.4, 0.5) is 0 Å². The Hall–Kier alpha value is 0.170. The van der Waals surface area contributed by atoms with E-state index in [1.165, 1.54) is 0 Å². The van der Waals surface area contributed by atoms with Gasteiger partial charge in [-0.15, -0.1) is 34.0 Å². The molecule has 9 heteroatoms. The molecule has 1 heterocycles. The zero-order valence-corrected chi connectivity index (χ0v) is 17.2. The summed E-state index contributed by atoms with van der Waals surface area (Å²) in [6.45, 7) is 5.38. The minimum absolute atomic E-state index is 0. The van der Waals surface area contributed by atoms with Crippen molar-refractivity contribution < 1.29 is 14.7 Å². The number of likely N-dealkylation sites (N-methyl/N-ethyl adjacent to an activating group) is 1. The summed E-state index contributed by atoms with van der Waals surface area (Å²) in [5.74, 6) is -1.13. The Balaban J connectivity index is 0. The lowest BCUT2D eigenvalue weighted by atomic mass is 10.2. The molecule has 0 aromatic rings. The number of piperazine rings is 1. The number of carbonyl (C=O) groups excluding carboxylic acids is 1. The first-order valence-electron chi connectivity index (χ1n) is 7.07. The highest BCUT2D eigenvalue weighted by Crippen LogP contribution is 2.03. The maximum atomic E-state index is 11.6. The summed E-state index contributed by atoms with van der Waals surface area (Å²) in [6, 6.07) is -0.886. The van der Waals surface area contributed by atoms with Gasteiger partial charge in [-0.25, -0.2) is 4.79 Å². The highest BCUT2D eigenvalue weighted by molar-refractivity contribution is 8.93. The second-order valence-corrected chi connectivity index (χ2v) is 5.61. The first kappa shape index (κ1) is 24.4. The predicted octanol–water partition coefficient (Wildman–Crippen LogP) is 1.06. The smallest absolute Gasteiger partial charge is 0.327 e. The van der Waals surface area contributed by atoms with Crippen molar-refractivity contribution in [1.82, 2.24) is 15.1 Å².